The lowest BCUT2D eigenvalue weighted by Gasteiger charge is -2.31. The molecule has 6 heteroatoms. The van der Waals surface area contributed by atoms with Gasteiger partial charge in [-0.05, 0) is 35.3 Å². The third-order valence-electron chi connectivity index (χ3n) is 4.55. The van der Waals surface area contributed by atoms with Gasteiger partial charge in [0.25, 0.3) is 5.56 Å². The van der Waals surface area contributed by atoms with Crippen LogP contribution in [0.4, 0.5) is 0 Å². The molecule has 1 atom stereocenters. The van der Waals surface area contributed by atoms with Gasteiger partial charge in [-0.3, -0.25) is 9.69 Å². The van der Waals surface area contributed by atoms with E-state index in [2.05, 4.69) is 32.7 Å². The lowest BCUT2D eigenvalue weighted by molar-refractivity contribution is -0.0328. The summed E-state index contributed by atoms with van der Waals surface area (Å²) in [5.74, 6) is 1.09. The molecule has 116 valence electrons. The SMILES string of the molecule is CCN1CCOC(c2nc(C3CCCC3)c(Br)c(=O)[nH]2)C1. The van der Waals surface area contributed by atoms with Gasteiger partial charge in [-0.15, -0.1) is 0 Å². The number of hydrogen-bond acceptors (Lipinski definition) is 4. The van der Waals surface area contributed by atoms with Gasteiger partial charge in [0.1, 0.15) is 16.4 Å². The maximum Gasteiger partial charge on any atom is 0.265 e. The summed E-state index contributed by atoms with van der Waals surface area (Å²) in [6.45, 7) is 5.58. The van der Waals surface area contributed by atoms with Crippen molar-refractivity contribution < 1.29 is 4.74 Å². The summed E-state index contributed by atoms with van der Waals surface area (Å²) in [4.78, 5) is 22.2. The molecule has 1 saturated carbocycles. The van der Waals surface area contributed by atoms with E-state index in [9.17, 15) is 4.79 Å². The Balaban J connectivity index is 1.90. The molecule has 0 amide bonds. The lowest BCUT2D eigenvalue weighted by Crippen LogP contribution is -2.39. The molecule has 1 saturated heterocycles. The largest absolute Gasteiger partial charge is 0.368 e. The molecule has 3 rings (SSSR count). The van der Waals surface area contributed by atoms with E-state index in [1.807, 2.05) is 0 Å². The number of likely N-dealkylation sites (N-methyl/N-ethyl adjacent to an activating group) is 1. The first-order valence-electron chi connectivity index (χ1n) is 7.82. The van der Waals surface area contributed by atoms with Crippen LogP contribution in [0.2, 0.25) is 0 Å². The first kappa shape index (κ1) is 15.2. The number of H-pyrrole nitrogens is 1. The zero-order chi connectivity index (χ0) is 14.8. The summed E-state index contributed by atoms with van der Waals surface area (Å²) in [5.41, 5.74) is 0.836. The van der Waals surface area contributed by atoms with Gasteiger partial charge in [0.15, 0.2) is 0 Å². The Morgan fingerprint density at radius 3 is 2.90 bits per heavy atom. The summed E-state index contributed by atoms with van der Waals surface area (Å²) < 4.78 is 6.42. The topological polar surface area (TPSA) is 58.2 Å². The molecule has 2 fully saturated rings. The van der Waals surface area contributed by atoms with Crippen LogP contribution in [-0.2, 0) is 4.74 Å². The summed E-state index contributed by atoms with van der Waals surface area (Å²) in [7, 11) is 0. The Morgan fingerprint density at radius 1 is 1.43 bits per heavy atom. The Morgan fingerprint density at radius 2 is 2.19 bits per heavy atom. The van der Waals surface area contributed by atoms with Crippen molar-refractivity contribution in [2.75, 3.05) is 26.2 Å². The normalized spacial score (nSPS) is 24.6. The van der Waals surface area contributed by atoms with E-state index >= 15 is 0 Å². The fraction of sp³-hybridized carbons (Fsp3) is 0.733. The first-order chi connectivity index (χ1) is 10.2. The minimum Gasteiger partial charge on any atom is -0.368 e. The quantitative estimate of drug-likeness (QED) is 0.905. The van der Waals surface area contributed by atoms with Crippen LogP contribution in [0.3, 0.4) is 0 Å². The zero-order valence-electron chi connectivity index (χ0n) is 12.4. The van der Waals surface area contributed by atoms with Gasteiger partial charge in [0.05, 0.1) is 12.3 Å². The van der Waals surface area contributed by atoms with Gasteiger partial charge in [0.2, 0.25) is 0 Å². The fourth-order valence-electron chi connectivity index (χ4n) is 3.27. The fourth-order valence-corrected chi connectivity index (χ4v) is 3.78. The summed E-state index contributed by atoms with van der Waals surface area (Å²) in [5, 5.41) is 0. The maximum atomic E-state index is 12.2. The number of ether oxygens (including phenoxy) is 1. The highest BCUT2D eigenvalue weighted by molar-refractivity contribution is 9.10. The molecule has 21 heavy (non-hydrogen) atoms. The predicted octanol–water partition coefficient (Wildman–Crippen LogP) is 2.58. The second kappa shape index (κ2) is 6.58. The van der Waals surface area contributed by atoms with Gasteiger partial charge >= 0.3 is 0 Å². The van der Waals surface area contributed by atoms with Crippen molar-refractivity contribution in [3.63, 3.8) is 0 Å². The van der Waals surface area contributed by atoms with E-state index < -0.39 is 0 Å². The molecule has 0 spiro atoms. The minimum atomic E-state index is -0.125. The highest BCUT2D eigenvalue weighted by atomic mass is 79.9. The predicted molar refractivity (Wildman–Crippen MR) is 84.6 cm³/mol. The molecule has 1 aliphatic carbocycles. The molecule has 2 heterocycles. The standard InChI is InChI=1S/C15H22BrN3O2/c1-2-19-7-8-21-11(9-19)14-17-13(10-5-3-4-6-10)12(16)15(20)18-14/h10-11H,2-9H2,1H3,(H,17,18,20). The van der Waals surface area contributed by atoms with Gasteiger partial charge in [0, 0.05) is 19.0 Å². The molecule has 0 aromatic carbocycles. The third kappa shape index (κ3) is 3.22. The number of nitrogens with zero attached hydrogens (tertiary/aromatic N) is 2. The Bertz CT molecular complexity index is 554. The highest BCUT2D eigenvalue weighted by Gasteiger charge is 2.27. The second-order valence-corrected chi connectivity index (χ2v) is 6.68. The average molecular weight is 356 g/mol. The van der Waals surface area contributed by atoms with Gasteiger partial charge < -0.3 is 9.72 Å². The van der Waals surface area contributed by atoms with Crippen molar-refractivity contribution >= 4 is 15.9 Å². The summed E-state index contributed by atoms with van der Waals surface area (Å²) in [6.07, 6.45) is 4.58. The molecule has 2 aliphatic rings. The van der Waals surface area contributed by atoms with Gasteiger partial charge in [-0.25, -0.2) is 4.98 Å². The van der Waals surface area contributed by atoms with Crippen LogP contribution in [0.15, 0.2) is 9.27 Å². The van der Waals surface area contributed by atoms with Crippen LogP contribution >= 0.6 is 15.9 Å². The first-order valence-corrected chi connectivity index (χ1v) is 8.62. The number of aromatic nitrogens is 2. The molecule has 1 unspecified atom stereocenters. The molecular weight excluding hydrogens is 334 g/mol. The monoisotopic (exact) mass is 355 g/mol. The second-order valence-electron chi connectivity index (χ2n) is 5.88. The molecule has 0 bridgehead atoms. The Labute approximate surface area is 133 Å². The smallest absolute Gasteiger partial charge is 0.265 e. The van der Waals surface area contributed by atoms with Crippen LogP contribution in [0, 0.1) is 0 Å². The average Bonchev–Trinajstić information content (AvgIpc) is 3.04. The molecule has 0 radical (unpaired) electrons. The van der Waals surface area contributed by atoms with Crippen molar-refractivity contribution in [3.05, 3.63) is 26.3 Å². The van der Waals surface area contributed by atoms with E-state index in [1.54, 1.807) is 0 Å². The number of aromatic amines is 1. The number of nitrogens with one attached hydrogen (secondary N) is 1. The Kier molecular flexibility index (Phi) is 4.76. The van der Waals surface area contributed by atoms with Crippen LogP contribution in [0.25, 0.3) is 0 Å². The number of halogens is 1. The third-order valence-corrected chi connectivity index (χ3v) is 5.32. The number of rotatable bonds is 3. The van der Waals surface area contributed by atoms with Crippen LogP contribution in [0.1, 0.15) is 56.1 Å². The van der Waals surface area contributed by atoms with E-state index in [0.29, 0.717) is 22.8 Å². The molecule has 1 aliphatic heterocycles. The highest BCUT2D eigenvalue weighted by Crippen LogP contribution is 2.35. The van der Waals surface area contributed by atoms with E-state index in [-0.39, 0.29) is 11.7 Å². The van der Waals surface area contributed by atoms with Crippen molar-refractivity contribution in [2.24, 2.45) is 0 Å². The van der Waals surface area contributed by atoms with E-state index in [0.717, 1.165) is 38.2 Å². The Hall–Kier alpha value is -0.720. The van der Waals surface area contributed by atoms with E-state index in [1.165, 1.54) is 12.8 Å². The lowest BCUT2D eigenvalue weighted by atomic mass is 10.0. The minimum absolute atomic E-state index is 0.0841. The molecule has 5 nitrogen and oxygen atoms in total. The zero-order valence-corrected chi connectivity index (χ0v) is 14.0. The maximum absolute atomic E-state index is 12.2. The molecular formula is C15H22BrN3O2. The number of morpholine rings is 1. The van der Waals surface area contributed by atoms with Crippen molar-refractivity contribution in [3.8, 4) is 0 Å². The molecule has 1 N–H and O–H groups in total. The number of hydrogen-bond donors (Lipinski definition) is 1. The van der Waals surface area contributed by atoms with Gasteiger partial charge in [-0.1, -0.05) is 19.8 Å². The molecule has 1 aromatic heterocycles. The van der Waals surface area contributed by atoms with Crippen molar-refractivity contribution in [2.45, 2.75) is 44.6 Å². The summed E-state index contributed by atoms with van der Waals surface area (Å²) >= 11 is 3.42. The van der Waals surface area contributed by atoms with Crippen LogP contribution in [0.5, 0.6) is 0 Å². The van der Waals surface area contributed by atoms with Crippen molar-refractivity contribution in [1.29, 1.82) is 0 Å². The van der Waals surface area contributed by atoms with Crippen LogP contribution < -0.4 is 5.56 Å². The van der Waals surface area contributed by atoms with Crippen LogP contribution in [-0.4, -0.2) is 41.1 Å². The summed E-state index contributed by atoms with van der Waals surface area (Å²) in [6, 6.07) is 0. The van der Waals surface area contributed by atoms with E-state index in [4.69, 9.17) is 9.72 Å². The molecule has 1 aromatic rings. The van der Waals surface area contributed by atoms with Crippen molar-refractivity contribution in [1.82, 2.24) is 14.9 Å². The van der Waals surface area contributed by atoms with Gasteiger partial charge in [-0.2, -0.15) is 0 Å².